The third kappa shape index (κ3) is 5.06. The van der Waals surface area contributed by atoms with Crippen LogP contribution in [0, 0.1) is 0 Å². The van der Waals surface area contributed by atoms with Crippen molar-refractivity contribution < 1.29 is 9.26 Å². The van der Waals surface area contributed by atoms with E-state index in [0.29, 0.717) is 5.89 Å². The Morgan fingerprint density at radius 3 is 2.74 bits per heavy atom. The second-order valence-electron chi connectivity index (χ2n) is 6.80. The van der Waals surface area contributed by atoms with E-state index in [4.69, 9.17) is 9.26 Å². The second-order valence-corrected chi connectivity index (χ2v) is 6.80. The van der Waals surface area contributed by atoms with Crippen LogP contribution in [0.15, 0.2) is 28.8 Å². The Labute approximate surface area is 138 Å². The van der Waals surface area contributed by atoms with Crippen molar-refractivity contribution in [3.05, 3.63) is 41.5 Å². The van der Waals surface area contributed by atoms with Crippen LogP contribution in [0.4, 0.5) is 0 Å². The van der Waals surface area contributed by atoms with Gasteiger partial charge in [0.05, 0.1) is 12.6 Å². The molecule has 0 radical (unpaired) electrons. The highest BCUT2D eigenvalue weighted by atomic mass is 16.5. The van der Waals surface area contributed by atoms with Crippen LogP contribution in [-0.4, -0.2) is 16.7 Å². The van der Waals surface area contributed by atoms with E-state index in [0.717, 1.165) is 31.1 Å². The third-order valence-corrected chi connectivity index (χ3v) is 3.47. The standard InChI is InChI=1S/C18H27N3O2/c1-6-10-22-15-9-7-8-14(11-15)12-19-13(2)16-20-17(21-23-16)18(3,4)5/h7-9,11,13,19H,6,10,12H2,1-5H3. The van der Waals surface area contributed by atoms with E-state index in [2.05, 4.69) is 55.3 Å². The molecule has 1 aromatic carbocycles. The number of hydrogen-bond acceptors (Lipinski definition) is 5. The van der Waals surface area contributed by atoms with Crippen LogP contribution in [0.2, 0.25) is 0 Å². The fourth-order valence-electron chi connectivity index (χ4n) is 2.04. The quantitative estimate of drug-likeness (QED) is 0.836. The number of ether oxygens (including phenoxy) is 1. The van der Waals surface area contributed by atoms with Crippen LogP contribution < -0.4 is 10.1 Å². The largest absolute Gasteiger partial charge is 0.494 e. The number of hydrogen-bond donors (Lipinski definition) is 1. The van der Waals surface area contributed by atoms with E-state index < -0.39 is 0 Å². The minimum absolute atomic E-state index is 0.00110. The summed E-state index contributed by atoms with van der Waals surface area (Å²) in [7, 11) is 0. The number of rotatable bonds is 7. The molecule has 126 valence electrons. The van der Waals surface area contributed by atoms with Crippen LogP contribution in [0.3, 0.4) is 0 Å². The first-order valence-electron chi connectivity index (χ1n) is 8.19. The minimum Gasteiger partial charge on any atom is -0.494 e. The maximum atomic E-state index is 5.66. The molecule has 1 aromatic heterocycles. The van der Waals surface area contributed by atoms with Crippen LogP contribution >= 0.6 is 0 Å². The Morgan fingerprint density at radius 2 is 2.09 bits per heavy atom. The van der Waals surface area contributed by atoms with Crippen molar-refractivity contribution in [3.8, 4) is 5.75 Å². The first kappa shape index (κ1) is 17.5. The molecule has 23 heavy (non-hydrogen) atoms. The van der Waals surface area contributed by atoms with Gasteiger partial charge in [0.1, 0.15) is 5.75 Å². The van der Waals surface area contributed by atoms with Crippen molar-refractivity contribution in [3.63, 3.8) is 0 Å². The van der Waals surface area contributed by atoms with Crippen molar-refractivity contribution in [2.75, 3.05) is 6.61 Å². The SMILES string of the molecule is CCCOc1cccc(CNC(C)c2nc(C(C)(C)C)no2)c1. The molecule has 0 aliphatic carbocycles. The highest BCUT2D eigenvalue weighted by Crippen LogP contribution is 2.21. The van der Waals surface area contributed by atoms with E-state index in [9.17, 15) is 0 Å². The Kier molecular flexibility index (Phi) is 5.77. The molecule has 5 nitrogen and oxygen atoms in total. The first-order chi connectivity index (χ1) is 10.9. The summed E-state index contributed by atoms with van der Waals surface area (Å²) in [5.41, 5.74) is 1.06. The summed E-state index contributed by atoms with van der Waals surface area (Å²) >= 11 is 0. The van der Waals surface area contributed by atoms with Gasteiger partial charge in [-0.15, -0.1) is 0 Å². The Balaban J connectivity index is 1.93. The second kappa shape index (κ2) is 7.59. The van der Waals surface area contributed by atoms with Gasteiger partial charge in [-0.2, -0.15) is 4.98 Å². The lowest BCUT2D eigenvalue weighted by molar-refractivity contribution is 0.316. The fraction of sp³-hybridized carbons (Fsp3) is 0.556. The Hall–Kier alpha value is -1.88. The predicted octanol–water partition coefficient (Wildman–Crippen LogP) is 4.01. The molecule has 0 fully saturated rings. The zero-order valence-electron chi connectivity index (χ0n) is 14.7. The number of nitrogens with zero attached hydrogens (tertiary/aromatic N) is 2. The molecular formula is C18H27N3O2. The van der Waals surface area contributed by atoms with E-state index in [-0.39, 0.29) is 11.5 Å². The average Bonchev–Trinajstić information content (AvgIpc) is 3.01. The molecule has 1 unspecified atom stereocenters. The smallest absolute Gasteiger partial charge is 0.243 e. The summed E-state index contributed by atoms with van der Waals surface area (Å²) in [5, 5.41) is 7.48. The van der Waals surface area contributed by atoms with E-state index in [1.54, 1.807) is 0 Å². The summed E-state index contributed by atoms with van der Waals surface area (Å²) in [6.45, 7) is 11.8. The number of benzene rings is 1. The van der Waals surface area contributed by atoms with E-state index in [1.165, 1.54) is 5.56 Å². The molecular weight excluding hydrogens is 290 g/mol. The highest BCUT2D eigenvalue weighted by Gasteiger charge is 2.22. The van der Waals surface area contributed by atoms with Crippen molar-refractivity contribution in [1.82, 2.24) is 15.5 Å². The molecule has 0 aliphatic heterocycles. The average molecular weight is 317 g/mol. The predicted molar refractivity (Wildman–Crippen MR) is 90.5 cm³/mol. The van der Waals surface area contributed by atoms with Crippen molar-refractivity contribution in [2.24, 2.45) is 0 Å². The number of nitrogens with one attached hydrogen (secondary N) is 1. The lowest BCUT2D eigenvalue weighted by Crippen LogP contribution is -2.19. The molecule has 0 saturated carbocycles. The molecule has 1 N–H and O–H groups in total. The Bertz CT molecular complexity index is 617. The maximum Gasteiger partial charge on any atom is 0.243 e. The van der Waals surface area contributed by atoms with Crippen LogP contribution in [0.1, 0.15) is 64.4 Å². The first-order valence-corrected chi connectivity index (χ1v) is 8.19. The molecule has 1 atom stereocenters. The van der Waals surface area contributed by atoms with Crippen molar-refractivity contribution in [1.29, 1.82) is 0 Å². The summed E-state index contributed by atoms with van der Waals surface area (Å²) < 4.78 is 11.0. The lowest BCUT2D eigenvalue weighted by Gasteiger charge is -2.12. The van der Waals surface area contributed by atoms with Crippen LogP contribution in [0.5, 0.6) is 5.75 Å². The normalized spacial score (nSPS) is 13.1. The molecule has 0 saturated heterocycles. The summed E-state index contributed by atoms with van der Waals surface area (Å²) in [6, 6.07) is 8.13. The van der Waals surface area contributed by atoms with Gasteiger partial charge in [-0.25, -0.2) is 0 Å². The molecule has 0 spiro atoms. The van der Waals surface area contributed by atoms with E-state index >= 15 is 0 Å². The van der Waals surface area contributed by atoms with E-state index in [1.807, 2.05) is 19.1 Å². The summed E-state index contributed by atoms with van der Waals surface area (Å²) in [4.78, 5) is 4.49. The van der Waals surface area contributed by atoms with Crippen molar-refractivity contribution in [2.45, 2.75) is 59.0 Å². The molecule has 1 heterocycles. The van der Waals surface area contributed by atoms with Gasteiger partial charge in [0.25, 0.3) is 0 Å². The molecule has 0 bridgehead atoms. The lowest BCUT2D eigenvalue weighted by atomic mass is 9.96. The third-order valence-electron chi connectivity index (χ3n) is 3.47. The minimum atomic E-state index is -0.105. The molecule has 5 heteroatoms. The monoisotopic (exact) mass is 317 g/mol. The summed E-state index contributed by atoms with van der Waals surface area (Å²) in [5.74, 6) is 2.26. The molecule has 2 rings (SSSR count). The zero-order chi connectivity index (χ0) is 16.9. The van der Waals surface area contributed by atoms with Gasteiger partial charge in [0, 0.05) is 12.0 Å². The van der Waals surface area contributed by atoms with Gasteiger partial charge in [0.2, 0.25) is 5.89 Å². The van der Waals surface area contributed by atoms with Crippen molar-refractivity contribution >= 4 is 0 Å². The van der Waals surface area contributed by atoms with Gasteiger partial charge in [-0.3, -0.25) is 0 Å². The van der Waals surface area contributed by atoms with Gasteiger partial charge < -0.3 is 14.6 Å². The fourth-order valence-corrected chi connectivity index (χ4v) is 2.04. The van der Waals surface area contributed by atoms with Gasteiger partial charge in [-0.05, 0) is 31.0 Å². The zero-order valence-corrected chi connectivity index (χ0v) is 14.7. The Morgan fingerprint density at radius 1 is 1.30 bits per heavy atom. The number of aromatic nitrogens is 2. The van der Waals surface area contributed by atoms with Crippen LogP contribution in [0.25, 0.3) is 0 Å². The topological polar surface area (TPSA) is 60.2 Å². The highest BCUT2D eigenvalue weighted by molar-refractivity contribution is 5.28. The van der Waals surface area contributed by atoms with Gasteiger partial charge in [0.15, 0.2) is 5.82 Å². The maximum absolute atomic E-state index is 5.66. The molecule has 0 amide bonds. The summed E-state index contributed by atoms with van der Waals surface area (Å²) in [6.07, 6.45) is 1.01. The molecule has 0 aliphatic rings. The van der Waals surface area contributed by atoms with Gasteiger partial charge in [-0.1, -0.05) is 45.0 Å². The van der Waals surface area contributed by atoms with Gasteiger partial charge >= 0.3 is 0 Å². The van der Waals surface area contributed by atoms with Crippen LogP contribution in [-0.2, 0) is 12.0 Å². The molecule has 2 aromatic rings.